The van der Waals surface area contributed by atoms with E-state index in [1.54, 1.807) is 20.8 Å². The van der Waals surface area contributed by atoms with Crippen LogP contribution < -0.4 is 0 Å². The Balaban J connectivity index is 1.74. The van der Waals surface area contributed by atoms with Crippen molar-refractivity contribution in [1.82, 2.24) is 0 Å². The minimum atomic E-state index is -2.44. The topological polar surface area (TPSA) is 175 Å². The van der Waals surface area contributed by atoms with Crippen LogP contribution in [0.4, 0.5) is 0 Å². The normalized spacial score (nSPS) is 56.4. The quantitative estimate of drug-likeness (QED) is 0.282. The van der Waals surface area contributed by atoms with Crippen molar-refractivity contribution in [2.75, 3.05) is 0 Å². The average Bonchev–Trinajstić information content (AvgIpc) is 3.41. The molecule has 8 unspecified atom stereocenters. The molecule has 12 nitrogen and oxygen atoms in total. The minimum Gasteiger partial charge on any atom is -0.458 e. The average molecular weight is 482 g/mol. The molecule has 0 radical (unpaired) electrons. The smallest absolute Gasteiger partial charge is 0.343 e. The van der Waals surface area contributed by atoms with Gasteiger partial charge in [0.15, 0.2) is 23.9 Å². The van der Waals surface area contributed by atoms with Crippen molar-refractivity contribution in [1.29, 1.82) is 0 Å². The van der Waals surface area contributed by atoms with E-state index in [1.165, 1.54) is 6.92 Å². The molecule has 6 rings (SSSR count). The van der Waals surface area contributed by atoms with Crippen molar-refractivity contribution >= 4 is 23.9 Å². The Hall–Kier alpha value is -2.28. The Bertz CT molecular complexity index is 1060. The van der Waals surface area contributed by atoms with E-state index < -0.39 is 100.0 Å². The molecule has 4 saturated heterocycles. The Morgan fingerprint density at radius 2 is 1.68 bits per heavy atom. The van der Waals surface area contributed by atoms with Crippen LogP contribution in [0, 0.1) is 28.1 Å². The number of aliphatic hydroxyl groups excluding tert-OH is 2. The number of carbonyl (C=O) groups excluding carboxylic acids is 4. The van der Waals surface area contributed by atoms with Gasteiger partial charge in [0.25, 0.3) is 0 Å². The van der Waals surface area contributed by atoms with Crippen molar-refractivity contribution in [2.45, 2.75) is 82.6 Å². The molecule has 4 heterocycles. The van der Waals surface area contributed by atoms with Crippen LogP contribution >= 0.6 is 0 Å². The fourth-order valence-corrected chi connectivity index (χ4v) is 8.54. The van der Waals surface area contributed by atoms with Crippen LogP contribution in [0.2, 0.25) is 0 Å². The molecular weight excluding hydrogens is 456 g/mol. The van der Waals surface area contributed by atoms with Gasteiger partial charge in [-0.3, -0.25) is 9.59 Å². The number of hydrogen-bond donors (Lipinski definition) is 3. The zero-order chi connectivity index (χ0) is 25.0. The number of fused-ring (bicyclic) bond motifs is 1. The largest absolute Gasteiger partial charge is 0.458 e. The highest BCUT2D eigenvalue weighted by atomic mass is 16.8. The highest BCUT2D eigenvalue weighted by Gasteiger charge is 3.05. The minimum absolute atomic E-state index is 0.719. The second kappa shape index (κ2) is 5.75. The van der Waals surface area contributed by atoms with Crippen LogP contribution in [-0.4, -0.2) is 87.2 Å². The summed E-state index contributed by atoms with van der Waals surface area (Å²) in [6.45, 7) is 7.80. The van der Waals surface area contributed by atoms with Crippen molar-refractivity contribution in [3.8, 4) is 0 Å². The Labute approximate surface area is 193 Å². The molecule has 0 aromatic heterocycles. The third-order valence-electron chi connectivity index (χ3n) is 9.23. The standard InChI is InChI=1S/C22H26O12/c1-6-14(26)31-13-10(24)20-12-8(30-7(2)23)9(18(3,4)5)19(20)11(25)15(27)33-17(19)34-22(20,16(28)32-12)21(6,13)29/h6,8-13,17,24-25,29H,1-5H3/t6?,8?,9?,10?,11-,12?,13-,17?,19?,20?,21+,22-/m0/s1. The molecule has 3 N–H and O–H groups in total. The maximum atomic E-state index is 13.6. The van der Waals surface area contributed by atoms with E-state index >= 15 is 0 Å². The molecule has 34 heavy (non-hydrogen) atoms. The number of carbonyl (C=O) groups is 4. The summed E-state index contributed by atoms with van der Waals surface area (Å²) in [7, 11) is 0. The predicted molar refractivity (Wildman–Crippen MR) is 103 cm³/mol. The lowest BCUT2D eigenvalue weighted by molar-refractivity contribution is -0.240. The van der Waals surface area contributed by atoms with Gasteiger partial charge in [-0.25, -0.2) is 9.59 Å². The van der Waals surface area contributed by atoms with Crippen molar-refractivity contribution < 1.29 is 58.2 Å². The van der Waals surface area contributed by atoms with E-state index in [1.807, 2.05) is 0 Å². The first-order valence-electron chi connectivity index (χ1n) is 11.2. The molecule has 186 valence electrons. The fourth-order valence-electron chi connectivity index (χ4n) is 8.54. The molecule has 0 aromatic rings. The van der Waals surface area contributed by atoms with Gasteiger partial charge in [-0.1, -0.05) is 20.8 Å². The molecule has 6 aliphatic rings. The summed E-state index contributed by atoms with van der Waals surface area (Å²) in [6, 6.07) is 0. The lowest BCUT2D eigenvalue weighted by Crippen LogP contribution is -2.67. The highest BCUT2D eigenvalue weighted by molar-refractivity contribution is 5.94. The van der Waals surface area contributed by atoms with Gasteiger partial charge >= 0.3 is 23.9 Å². The summed E-state index contributed by atoms with van der Waals surface area (Å²) in [5.41, 5.74) is -9.61. The number of ether oxygens (including phenoxy) is 5. The monoisotopic (exact) mass is 482 g/mol. The second-order valence-corrected chi connectivity index (χ2v) is 11.4. The Kier molecular flexibility index (Phi) is 3.75. The predicted octanol–water partition coefficient (Wildman–Crippen LogP) is -1.83. The molecule has 0 amide bonds. The molecule has 12 heteroatoms. The van der Waals surface area contributed by atoms with Gasteiger partial charge in [0.1, 0.15) is 12.2 Å². The zero-order valence-corrected chi connectivity index (χ0v) is 19.1. The first-order valence-corrected chi connectivity index (χ1v) is 11.2. The summed E-state index contributed by atoms with van der Waals surface area (Å²) >= 11 is 0. The highest BCUT2D eigenvalue weighted by Crippen LogP contribution is 2.84. The third kappa shape index (κ3) is 1.71. The molecule has 0 bridgehead atoms. The maximum Gasteiger partial charge on any atom is 0.343 e. The van der Waals surface area contributed by atoms with Crippen LogP contribution in [0.1, 0.15) is 34.6 Å². The fraction of sp³-hybridized carbons (Fsp3) is 0.818. The van der Waals surface area contributed by atoms with Crippen LogP contribution in [0.3, 0.4) is 0 Å². The third-order valence-corrected chi connectivity index (χ3v) is 9.23. The Morgan fingerprint density at radius 3 is 2.26 bits per heavy atom. The van der Waals surface area contributed by atoms with Gasteiger partial charge in [-0.2, -0.15) is 0 Å². The van der Waals surface area contributed by atoms with Crippen molar-refractivity contribution in [3.05, 3.63) is 0 Å². The van der Waals surface area contributed by atoms with E-state index in [9.17, 15) is 34.5 Å². The number of hydrogen-bond acceptors (Lipinski definition) is 12. The molecule has 2 aliphatic carbocycles. The molecule has 4 aliphatic heterocycles. The SMILES string of the molecule is CC(=O)OC1C(C(C)(C)C)C23C(OC(=O)[C@@H]2O)O[C@@]24C(=O)OC1C32C(O)[C@@H]1OC(=O)C(C)[C@@]14O. The maximum absolute atomic E-state index is 13.6. The lowest BCUT2D eigenvalue weighted by atomic mass is 9.51. The van der Waals surface area contributed by atoms with E-state index in [4.69, 9.17) is 23.7 Å². The van der Waals surface area contributed by atoms with Crippen molar-refractivity contribution in [2.24, 2.45) is 28.1 Å². The first-order chi connectivity index (χ1) is 15.7. The molecule has 6 fully saturated rings. The lowest BCUT2D eigenvalue weighted by Gasteiger charge is -2.47. The van der Waals surface area contributed by atoms with Crippen LogP contribution in [0.5, 0.6) is 0 Å². The summed E-state index contributed by atoms with van der Waals surface area (Å²) in [5.74, 6) is -6.02. The number of aliphatic hydroxyl groups is 3. The van der Waals surface area contributed by atoms with E-state index in [0.29, 0.717) is 0 Å². The molecule has 2 spiro atoms. The summed E-state index contributed by atoms with van der Waals surface area (Å²) < 4.78 is 28.2. The molecular formula is C22H26O12. The van der Waals surface area contributed by atoms with Gasteiger partial charge < -0.3 is 39.0 Å². The van der Waals surface area contributed by atoms with Crippen LogP contribution in [0.15, 0.2) is 0 Å². The van der Waals surface area contributed by atoms with Gasteiger partial charge in [0, 0.05) is 12.8 Å². The summed E-state index contributed by atoms with van der Waals surface area (Å²) in [6.07, 6.45) is -9.65. The summed E-state index contributed by atoms with van der Waals surface area (Å²) in [5, 5.41) is 35.3. The van der Waals surface area contributed by atoms with Gasteiger partial charge in [-0.05, 0) is 12.3 Å². The van der Waals surface area contributed by atoms with Crippen LogP contribution in [-0.2, 0) is 42.9 Å². The molecule has 2 saturated carbocycles. The number of rotatable bonds is 1. The second-order valence-electron chi connectivity index (χ2n) is 11.4. The summed E-state index contributed by atoms with van der Waals surface area (Å²) in [4.78, 5) is 51.1. The van der Waals surface area contributed by atoms with Gasteiger partial charge in [0.05, 0.1) is 16.7 Å². The first kappa shape index (κ1) is 22.2. The van der Waals surface area contributed by atoms with Crippen molar-refractivity contribution in [3.63, 3.8) is 0 Å². The van der Waals surface area contributed by atoms with Gasteiger partial charge in [0.2, 0.25) is 11.9 Å². The zero-order valence-electron chi connectivity index (χ0n) is 19.1. The van der Waals surface area contributed by atoms with Crippen LogP contribution in [0.25, 0.3) is 0 Å². The Morgan fingerprint density at radius 1 is 1.03 bits per heavy atom. The van der Waals surface area contributed by atoms with Gasteiger partial charge in [-0.15, -0.1) is 0 Å². The van der Waals surface area contributed by atoms with E-state index in [2.05, 4.69) is 0 Å². The van der Waals surface area contributed by atoms with E-state index in [0.717, 1.165) is 6.92 Å². The molecule has 0 aromatic carbocycles. The number of esters is 4. The molecule has 12 atom stereocenters. The van der Waals surface area contributed by atoms with E-state index in [-0.39, 0.29) is 0 Å².